The molecule has 0 spiro atoms. The molecule has 4 rings (SSSR count). The van der Waals surface area contributed by atoms with E-state index in [1.807, 2.05) is 32.0 Å². The van der Waals surface area contributed by atoms with Crippen molar-refractivity contribution < 1.29 is 57.2 Å². The highest BCUT2D eigenvalue weighted by molar-refractivity contribution is 7.84. The Kier molecular flexibility index (Phi) is 24.4. The Morgan fingerprint density at radius 3 is 1.60 bits per heavy atom. The number of likely N-dealkylation sites (N-methyl/N-ethyl adjacent to an activating group) is 4. The molecule has 2 saturated heterocycles. The molecule has 2 heterocycles. The van der Waals surface area contributed by atoms with Crippen molar-refractivity contribution in [2.45, 2.75) is 174 Å². The Bertz CT molecular complexity index is 2510. The van der Waals surface area contributed by atoms with Crippen molar-refractivity contribution in [1.29, 1.82) is 0 Å². The standard InChI is InChI=1S/C59H90N8O12S/c1-16-38(8)48-57(75)65(13)47(37(6)7)52(70)62-43(33-39-24-19-17-20-25-39)54(72)63(11)45(34-40-26-21-18-22-27-40)56(74)67-30-23-28-44(67)50(68)60-41(29-31-80(15)78)53(71)64(12)46(36(4)5)51(69)61-42(32-35(2)3)55(73)66(14)49(58(76)79-48)59(9,10)77/h17-22,24-27,35-38,41-49,77H,16,23,28-34H2,1-15H3,(H,60,68)(H,61,69)(H,62,70)/t38-,41-,42-,43-,44+,45-,46-,47-,48+,49-,80-/m0/s1. The van der Waals surface area contributed by atoms with Crippen LogP contribution < -0.4 is 16.0 Å². The molecule has 0 saturated carbocycles. The molecule has 0 unspecified atom stereocenters. The number of cyclic esters (lactones) is 1. The molecule has 2 fully saturated rings. The molecule has 80 heavy (non-hydrogen) atoms. The Morgan fingerprint density at radius 1 is 0.637 bits per heavy atom. The number of rotatable bonds is 14. The monoisotopic (exact) mass is 1130 g/mol. The fourth-order valence-electron chi connectivity index (χ4n) is 10.9. The Labute approximate surface area is 476 Å². The minimum absolute atomic E-state index is 0.00824. The van der Waals surface area contributed by atoms with E-state index in [9.17, 15) is 42.9 Å². The number of nitrogens with one attached hydrogen (secondary N) is 3. The molecular weight excluding hydrogens is 1040 g/mol. The normalized spacial score (nSPS) is 26.3. The van der Waals surface area contributed by atoms with Crippen LogP contribution in [0.4, 0.5) is 0 Å². The van der Waals surface area contributed by atoms with Crippen LogP contribution in [0.25, 0.3) is 0 Å². The van der Waals surface area contributed by atoms with Crippen molar-refractivity contribution in [3.8, 4) is 0 Å². The smallest absolute Gasteiger partial charge is 0.332 e. The molecule has 0 radical (unpaired) electrons. The fraction of sp³-hybridized carbons (Fsp3) is 0.644. The summed E-state index contributed by atoms with van der Waals surface area (Å²) >= 11 is 0. The summed E-state index contributed by atoms with van der Waals surface area (Å²) < 4.78 is 18.7. The van der Waals surface area contributed by atoms with Gasteiger partial charge in [0.25, 0.3) is 5.91 Å². The largest absolute Gasteiger partial charge is 0.450 e. The number of carbonyl (C=O) groups excluding carboxylic acids is 9. The summed E-state index contributed by atoms with van der Waals surface area (Å²) in [6, 6.07) is 7.48. The van der Waals surface area contributed by atoms with Gasteiger partial charge in [-0.15, -0.1) is 0 Å². The van der Waals surface area contributed by atoms with Crippen LogP contribution in [0.1, 0.15) is 112 Å². The molecule has 21 heteroatoms. The summed E-state index contributed by atoms with van der Waals surface area (Å²) in [5, 5.41) is 20.3. The quantitative estimate of drug-likeness (QED) is 0.199. The van der Waals surface area contributed by atoms with Crippen LogP contribution in [0, 0.1) is 23.7 Å². The van der Waals surface area contributed by atoms with Crippen LogP contribution in [0.3, 0.4) is 0 Å². The topological polar surface area (TPSA) is 252 Å². The second-order valence-electron chi connectivity index (χ2n) is 23.4. The molecule has 2 aromatic rings. The van der Waals surface area contributed by atoms with E-state index in [1.54, 1.807) is 84.0 Å². The Hall–Kier alpha value is -6.22. The first-order valence-corrected chi connectivity index (χ1v) is 29.7. The number of hydrogen-bond acceptors (Lipinski definition) is 12. The summed E-state index contributed by atoms with van der Waals surface area (Å²) in [5.41, 5.74) is -0.618. The Morgan fingerprint density at radius 2 is 1.11 bits per heavy atom. The maximum absolute atomic E-state index is 15.3. The SMILES string of the molecule is CC[C@H](C)[C@H]1OC(=O)[C@@H](C(C)(C)O)N(C)C(=O)[C@H](CC(C)C)NC(=O)[C@H](C(C)C)N(C)C(=O)[C@H](CC[S@](C)=O)NC(=O)[C@H]2CCCN2C(=O)[C@H](Cc2ccccc2)N(C)C(=O)[C@H](Cc2ccccc2)NC(=O)[C@H](C(C)C)N(C)C1=O. The number of esters is 1. The number of fused-ring (bicyclic) bond motifs is 1. The number of carbonyl (C=O) groups is 9. The summed E-state index contributed by atoms with van der Waals surface area (Å²) in [4.78, 5) is 140. The zero-order chi connectivity index (χ0) is 60.1. The van der Waals surface area contributed by atoms with Crippen LogP contribution in [0.15, 0.2) is 60.7 Å². The maximum Gasteiger partial charge on any atom is 0.332 e. The number of aliphatic hydroxyl groups is 1. The van der Waals surface area contributed by atoms with Crippen LogP contribution >= 0.6 is 0 Å². The van der Waals surface area contributed by atoms with Gasteiger partial charge in [-0.05, 0) is 74.8 Å². The van der Waals surface area contributed by atoms with Crippen LogP contribution in [-0.4, -0.2) is 194 Å². The van der Waals surface area contributed by atoms with Gasteiger partial charge in [-0.2, -0.15) is 0 Å². The molecule has 0 aromatic heterocycles. The zero-order valence-electron chi connectivity index (χ0n) is 49.7. The molecule has 444 valence electrons. The van der Waals surface area contributed by atoms with Gasteiger partial charge in [0, 0.05) is 76.3 Å². The van der Waals surface area contributed by atoms with Gasteiger partial charge >= 0.3 is 5.97 Å². The lowest BCUT2D eigenvalue weighted by molar-refractivity contribution is -0.177. The highest BCUT2D eigenvalue weighted by Crippen LogP contribution is 2.27. The third-order valence-corrected chi connectivity index (χ3v) is 16.2. The highest BCUT2D eigenvalue weighted by atomic mass is 32.2. The molecule has 11 atom stereocenters. The average molecular weight is 1140 g/mol. The van der Waals surface area contributed by atoms with Crippen LogP contribution in [-0.2, 0) is 71.5 Å². The maximum atomic E-state index is 15.3. The molecule has 2 aliphatic rings. The third kappa shape index (κ3) is 17.2. The summed E-state index contributed by atoms with van der Waals surface area (Å²) in [5.74, 6) is -8.75. The summed E-state index contributed by atoms with van der Waals surface area (Å²) in [7, 11) is 4.12. The average Bonchev–Trinajstić information content (AvgIpc) is 3.89. The van der Waals surface area contributed by atoms with E-state index in [1.165, 1.54) is 67.9 Å². The van der Waals surface area contributed by atoms with Crippen molar-refractivity contribution >= 4 is 64.0 Å². The van der Waals surface area contributed by atoms with Gasteiger partial charge in [0.2, 0.25) is 41.4 Å². The van der Waals surface area contributed by atoms with Crippen molar-refractivity contribution in [3.63, 3.8) is 0 Å². The second-order valence-corrected chi connectivity index (χ2v) is 25.0. The van der Waals surface area contributed by atoms with E-state index in [0.717, 1.165) is 4.90 Å². The predicted molar refractivity (Wildman–Crippen MR) is 305 cm³/mol. The number of hydrogen-bond donors (Lipinski definition) is 4. The summed E-state index contributed by atoms with van der Waals surface area (Å²) in [6.45, 7) is 16.7. The molecular formula is C59H90N8O12S. The molecule has 0 bridgehead atoms. The number of benzene rings is 2. The molecule has 8 amide bonds. The van der Waals surface area contributed by atoms with Gasteiger partial charge < -0.3 is 50.3 Å². The molecule has 2 aromatic carbocycles. The number of ether oxygens (including phenoxy) is 1. The van der Waals surface area contributed by atoms with E-state index < -0.39 is 142 Å². The lowest BCUT2D eigenvalue weighted by Crippen LogP contribution is -2.62. The zero-order valence-corrected chi connectivity index (χ0v) is 50.5. The Balaban J connectivity index is 1.98. The van der Waals surface area contributed by atoms with Gasteiger partial charge in [0.05, 0.1) is 5.60 Å². The molecule has 4 N–H and O–H groups in total. The molecule has 20 nitrogen and oxygen atoms in total. The predicted octanol–water partition coefficient (Wildman–Crippen LogP) is 3.09. The van der Waals surface area contributed by atoms with Crippen LogP contribution in [0.5, 0.6) is 0 Å². The second kappa shape index (κ2) is 29.5. The van der Waals surface area contributed by atoms with Gasteiger partial charge in [-0.1, -0.05) is 116 Å². The van der Waals surface area contributed by atoms with Gasteiger partial charge in [-0.3, -0.25) is 42.6 Å². The fourth-order valence-corrected chi connectivity index (χ4v) is 11.4. The van der Waals surface area contributed by atoms with Crippen molar-refractivity contribution in [2.75, 3.05) is 46.7 Å². The number of amides is 8. The van der Waals surface area contributed by atoms with Gasteiger partial charge in [-0.25, -0.2) is 4.79 Å². The molecule has 0 aliphatic carbocycles. The lowest BCUT2D eigenvalue weighted by Gasteiger charge is -2.39. The van der Waals surface area contributed by atoms with E-state index in [2.05, 4.69) is 16.0 Å². The summed E-state index contributed by atoms with van der Waals surface area (Å²) in [6.07, 6.45) is 0.791. The third-order valence-electron chi connectivity index (χ3n) is 15.3. The van der Waals surface area contributed by atoms with E-state index in [-0.39, 0.29) is 50.3 Å². The first-order chi connectivity index (χ1) is 37.4. The lowest BCUT2D eigenvalue weighted by atomic mass is 9.94. The van der Waals surface area contributed by atoms with Crippen molar-refractivity contribution in [2.24, 2.45) is 23.7 Å². The molecule has 2 aliphatic heterocycles. The first-order valence-electron chi connectivity index (χ1n) is 28.0. The highest BCUT2D eigenvalue weighted by Gasteiger charge is 2.48. The minimum Gasteiger partial charge on any atom is -0.450 e. The van der Waals surface area contributed by atoms with Gasteiger partial charge in [0.15, 0.2) is 12.1 Å². The van der Waals surface area contributed by atoms with Gasteiger partial charge in [0.1, 0.15) is 42.3 Å². The van der Waals surface area contributed by atoms with Crippen molar-refractivity contribution in [3.05, 3.63) is 71.8 Å². The van der Waals surface area contributed by atoms with Crippen molar-refractivity contribution in [1.82, 2.24) is 40.4 Å². The van der Waals surface area contributed by atoms with E-state index in [4.69, 9.17) is 4.74 Å². The van der Waals surface area contributed by atoms with E-state index >= 15 is 9.59 Å². The minimum atomic E-state index is -1.99. The van der Waals surface area contributed by atoms with Crippen LogP contribution in [0.2, 0.25) is 0 Å². The first kappa shape index (κ1) is 66.3. The number of nitrogens with zero attached hydrogens (tertiary/aromatic N) is 5. The van der Waals surface area contributed by atoms with E-state index in [0.29, 0.717) is 24.0 Å².